The molecule has 4 aromatic heterocycles. The summed E-state index contributed by atoms with van der Waals surface area (Å²) in [5.74, 6) is 0. The highest BCUT2D eigenvalue weighted by Gasteiger charge is 2.18. The zero-order chi connectivity index (χ0) is 38.9. The van der Waals surface area contributed by atoms with Gasteiger partial charge in [-0.1, -0.05) is 72.8 Å². The molecular formula is C47H44N6O3. The Hall–Kier alpha value is -6.61. The molecule has 2 unspecified atom stereocenters. The van der Waals surface area contributed by atoms with Gasteiger partial charge in [0, 0.05) is 44.3 Å². The molecule has 8 aromatic rings. The molecule has 0 aliphatic carbocycles. The number of fused-ring (bicyclic) bond motifs is 6. The lowest BCUT2D eigenvalue weighted by Gasteiger charge is -2.17. The molecule has 4 aromatic carbocycles. The van der Waals surface area contributed by atoms with E-state index in [1.165, 1.54) is 11.1 Å². The van der Waals surface area contributed by atoms with Crippen LogP contribution in [0, 0.1) is 13.8 Å². The molecule has 0 saturated heterocycles. The molecule has 0 aliphatic heterocycles. The number of nitrogen functional groups attached to an aromatic ring is 2. The number of aryl methyl sites for hydroxylation is 6. The minimum absolute atomic E-state index is 0.466. The number of nitrogens with two attached hydrogens (primary N) is 2. The van der Waals surface area contributed by atoms with E-state index in [0.717, 1.165) is 103 Å². The largest absolute Gasteiger partial charge is 0.509 e. The average Bonchev–Trinajstić information content (AvgIpc) is 3.21. The summed E-state index contributed by atoms with van der Waals surface area (Å²) in [4.78, 5) is 31.8. The minimum Gasteiger partial charge on any atom is -0.426 e. The van der Waals surface area contributed by atoms with Gasteiger partial charge in [0.05, 0.1) is 34.5 Å². The number of nitrogens with zero attached hydrogens (tertiary/aromatic N) is 4. The summed E-state index contributed by atoms with van der Waals surface area (Å²) >= 11 is 0. The third-order valence-electron chi connectivity index (χ3n) is 10.7. The standard InChI is InChI=1S/C47H44N6O3/c1-27-5-23-39(48)43-37-21-19-35(52-41(37)25-50-45(27)43)17-11-31-7-13-33(14-8-31)29(3)55-47(54)56-30(4)34-15-9-32(10-16-34)12-18-36-20-22-38-42(53-36)26-51-46-28(2)6-24-40(49)44(38)46/h5-10,13-16,19-26,29-30H,11-12,17-18,48-49H2,1-4H3. The summed E-state index contributed by atoms with van der Waals surface area (Å²) in [5, 5.41) is 3.94. The fraction of sp³-hybridized carbons (Fsp3) is 0.213. The second kappa shape index (κ2) is 15.3. The van der Waals surface area contributed by atoms with Crippen LogP contribution >= 0.6 is 0 Å². The Labute approximate surface area is 325 Å². The van der Waals surface area contributed by atoms with Gasteiger partial charge in [-0.3, -0.25) is 19.9 Å². The van der Waals surface area contributed by atoms with Crippen molar-refractivity contribution in [2.75, 3.05) is 11.5 Å². The van der Waals surface area contributed by atoms with Crippen molar-refractivity contribution in [1.29, 1.82) is 0 Å². The van der Waals surface area contributed by atoms with Crippen molar-refractivity contribution in [3.05, 3.63) is 154 Å². The van der Waals surface area contributed by atoms with Crippen LogP contribution in [0.4, 0.5) is 16.2 Å². The summed E-state index contributed by atoms with van der Waals surface area (Å²) in [6, 6.07) is 32.4. The lowest BCUT2D eigenvalue weighted by molar-refractivity contribution is 0.00625. The maximum absolute atomic E-state index is 12.8. The van der Waals surface area contributed by atoms with Gasteiger partial charge < -0.3 is 20.9 Å². The molecule has 9 nitrogen and oxygen atoms in total. The Morgan fingerprint density at radius 3 is 1.38 bits per heavy atom. The Morgan fingerprint density at radius 2 is 0.964 bits per heavy atom. The first-order chi connectivity index (χ1) is 27.1. The first kappa shape index (κ1) is 36.4. The summed E-state index contributed by atoms with van der Waals surface area (Å²) in [6.07, 6.45) is 5.22. The van der Waals surface area contributed by atoms with Crippen LogP contribution < -0.4 is 11.5 Å². The second-order valence-corrected chi connectivity index (χ2v) is 14.6. The van der Waals surface area contributed by atoms with Crippen LogP contribution in [0.15, 0.2) is 109 Å². The van der Waals surface area contributed by atoms with Gasteiger partial charge in [0.25, 0.3) is 0 Å². The first-order valence-corrected chi connectivity index (χ1v) is 19.0. The summed E-state index contributed by atoms with van der Waals surface area (Å²) < 4.78 is 11.3. The molecule has 4 N–H and O–H groups in total. The lowest BCUT2D eigenvalue weighted by Crippen LogP contribution is -2.13. The van der Waals surface area contributed by atoms with Crippen molar-refractivity contribution >= 4 is 61.1 Å². The van der Waals surface area contributed by atoms with E-state index in [9.17, 15) is 4.79 Å². The fourth-order valence-corrected chi connectivity index (χ4v) is 7.41. The lowest BCUT2D eigenvalue weighted by atomic mass is 10.0. The van der Waals surface area contributed by atoms with Crippen molar-refractivity contribution in [1.82, 2.24) is 19.9 Å². The van der Waals surface area contributed by atoms with Crippen LogP contribution in [0.5, 0.6) is 0 Å². The number of carbonyl (C=O) groups excluding carboxylic acids is 1. The summed E-state index contributed by atoms with van der Waals surface area (Å²) in [6.45, 7) is 7.78. The Balaban J connectivity index is 0.819. The van der Waals surface area contributed by atoms with Crippen molar-refractivity contribution in [3.8, 4) is 0 Å². The zero-order valence-electron chi connectivity index (χ0n) is 32.0. The van der Waals surface area contributed by atoms with E-state index in [0.29, 0.717) is 11.4 Å². The highest BCUT2D eigenvalue weighted by Crippen LogP contribution is 2.32. The summed E-state index contributed by atoms with van der Waals surface area (Å²) in [7, 11) is 0. The number of aromatic nitrogens is 4. The molecular weight excluding hydrogens is 697 g/mol. The molecule has 0 saturated carbocycles. The van der Waals surface area contributed by atoms with Gasteiger partial charge in [0.2, 0.25) is 0 Å². The quantitative estimate of drug-likeness (QED) is 0.0796. The van der Waals surface area contributed by atoms with Crippen LogP contribution in [0.25, 0.3) is 43.6 Å². The van der Waals surface area contributed by atoms with Gasteiger partial charge in [-0.25, -0.2) is 4.79 Å². The number of benzene rings is 4. The van der Waals surface area contributed by atoms with E-state index in [2.05, 4.69) is 58.5 Å². The summed E-state index contributed by atoms with van der Waals surface area (Å²) in [5.41, 5.74) is 25.8. The molecule has 0 radical (unpaired) electrons. The minimum atomic E-state index is -0.707. The van der Waals surface area contributed by atoms with Gasteiger partial charge in [-0.05, 0) is 111 Å². The number of hydrogen-bond donors (Lipinski definition) is 2. The molecule has 0 aliphatic rings. The monoisotopic (exact) mass is 740 g/mol. The molecule has 8 rings (SSSR count). The third-order valence-corrected chi connectivity index (χ3v) is 10.7. The first-order valence-electron chi connectivity index (χ1n) is 19.0. The van der Waals surface area contributed by atoms with E-state index in [1.54, 1.807) is 0 Å². The van der Waals surface area contributed by atoms with Crippen LogP contribution in [0.2, 0.25) is 0 Å². The number of anilines is 2. The average molecular weight is 741 g/mol. The van der Waals surface area contributed by atoms with Gasteiger partial charge in [0.1, 0.15) is 12.2 Å². The number of rotatable bonds is 10. The van der Waals surface area contributed by atoms with Crippen molar-refractivity contribution in [3.63, 3.8) is 0 Å². The third kappa shape index (κ3) is 7.40. The van der Waals surface area contributed by atoms with E-state index in [4.69, 9.17) is 30.9 Å². The van der Waals surface area contributed by atoms with E-state index >= 15 is 0 Å². The number of ether oxygens (including phenoxy) is 2. The van der Waals surface area contributed by atoms with Crippen LogP contribution in [-0.4, -0.2) is 26.1 Å². The Morgan fingerprint density at radius 1 is 0.554 bits per heavy atom. The molecule has 0 bridgehead atoms. The fourth-order valence-electron chi connectivity index (χ4n) is 7.41. The molecule has 0 spiro atoms. The molecule has 9 heteroatoms. The maximum Gasteiger partial charge on any atom is 0.509 e. The molecule has 56 heavy (non-hydrogen) atoms. The topological polar surface area (TPSA) is 139 Å². The second-order valence-electron chi connectivity index (χ2n) is 14.6. The zero-order valence-corrected chi connectivity index (χ0v) is 32.0. The van der Waals surface area contributed by atoms with Gasteiger partial charge in [-0.15, -0.1) is 0 Å². The predicted octanol–water partition coefficient (Wildman–Crippen LogP) is 10.2. The molecule has 0 amide bonds. The Bertz CT molecular complexity index is 2560. The van der Waals surface area contributed by atoms with Crippen LogP contribution in [-0.2, 0) is 35.2 Å². The number of hydrogen-bond acceptors (Lipinski definition) is 9. The van der Waals surface area contributed by atoms with Crippen LogP contribution in [0.1, 0.15) is 70.8 Å². The molecule has 0 fully saturated rings. The van der Waals surface area contributed by atoms with E-state index in [-0.39, 0.29) is 0 Å². The maximum atomic E-state index is 12.8. The van der Waals surface area contributed by atoms with Crippen LogP contribution in [0.3, 0.4) is 0 Å². The van der Waals surface area contributed by atoms with Gasteiger partial charge >= 0.3 is 6.16 Å². The molecule has 2 atom stereocenters. The SMILES string of the molecule is Cc1ccc(N)c2c1ncc1nc(CCc3ccc(C(C)OC(=O)OC(C)c4ccc(CCc5ccc6c(cnc7c(C)ccc(N)c76)n5)cc4)cc3)ccc12. The highest BCUT2D eigenvalue weighted by atomic mass is 16.7. The predicted molar refractivity (Wildman–Crippen MR) is 224 cm³/mol. The van der Waals surface area contributed by atoms with E-state index in [1.807, 2.05) is 88.6 Å². The smallest absolute Gasteiger partial charge is 0.426 e. The van der Waals surface area contributed by atoms with Gasteiger partial charge in [-0.2, -0.15) is 0 Å². The number of pyridine rings is 4. The normalized spacial score (nSPS) is 12.6. The molecule has 280 valence electrons. The van der Waals surface area contributed by atoms with E-state index < -0.39 is 18.4 Å². The van der Waals surface area contributed by atoms with Gasteiger partial charge in [0.15, 0.2) is 0 Å². The Kier molecular flexibility index (Phi) is 9.91. The molecule has 4 heterocycles. The number of carbonyl (C=O) groups is 1. The van der Waals surface area contributed by atoms with Crippen molar-refractivity contribution in [2.45, 2.75) is 65.6 Å². The van der Waals surface area contributed by atoms with Crippen molar-refractivity contribution in [2.24, 2.45) is 0 Å². The highest BCUT2D eigenvalue weighted by molar-refractivity contribution is 6.12. The van der Waals surface area contributed by atoms with Crippen molar-refractivity contribution < 1.29 is 14.3 Å².